The van der Waals surface area contributed by atoms with Crippen molar-refractivity contribution in [1.29, 1.82) is 0 Å². The number of nitrogens with zero attached hydrogens (tertiary/aromatic N) is 3. The van der Waals surface area contributed by atoms with E-state index in [9.17, 15) is 0 Å². The zero-order chi connectivity index (χ0) is 13.9. The Morgan fingerprint density at radius 2 is 2.15 bits per heavy atom. The molecule has 0 saturated carbocycles. The third-order valence-corrected chi connectivity index (χ3v) is 3.65. The number of hydrogen-bond acceptors (Lipinski definition) is 3. The summed E-state index contributed by atoms with van der Waals surface area (Å²) in [5.74, 6) is 0.888. The van der Waals surface area contributed by atoms with Gasteiger partial charge in [-0.1, -0.05) is 31.2 Å². The molecule has 0 spiro atoms. The molecule has 0 saturated heterocycles. The summed E-state index contributed by atoms with van der Waals surface area (Å²) in [4.78, 5) is 4.76. The van der Waals surface area contributed by atoms with Gasteiger partial charge in [-0.25, -0.2) is 9.67 Å². The molecule has 1 N–H and O–H groups in total. The Kier molecular flexibility index (Phi) is 3.98. The van der Waals surface area contributed by atoms with Crippen LogP contribution >= 0.6 is 22.6 Å². The summed E-state index contributed by atoms with van der Waals surface area (Å²) in [5.41, 5.74) is 1.03. The van der Waals surface area contributed by atoms with Crippen LogP contribution in [0.3, 0.4) is 0 Å². The monoisotopic (exact) mass is 378 g/mol. The fourth-order valence-corrected chi connectivity index (χ4v) is 2.56. The smallest absolute Gasteiger partial charge is 0.161 e. The summed E-state index contributed by atoms with van der Waals surface area (Å²) in [5, 5.41) is 10.0. The molecule has 0 atom stereocenters. The predicted octanol–water partition coefficient (Wildman–Crippen LogP) is 3.13. The van der Waals surface area contributed by atoms with E-state index in [1.165, 1.54) is 5.39 Å². The van der Waals surface area contributed by atoms with Crippen LogP contribution in [0.5, 0.6) is 0 Å². The van der Waals surface area contributed by atoms with Crippen LogP contribution in [0.4, 0.5) is 0 Å². The number of rotatable bonds is 4. The van der Waals surface area contributed by atoms with Crippen molar-refractivity contribution in [2.24, 2.45) is 0 Å². The maximum Gasteiger partial charge on any atom is 0.161 e. The third kappa shape index (κ3) is 2.69. The summed E-state index contributed by atoms with van der Waals surface area (Å²) in [7, 11) is 0. The van der Waals surface area contributed by atoms with Gasteiger partial charge in [0.1, 0.15) is 0 Å². The molecule has 2 heterocycles. The SMILES string of the molecule is CCNCc1cc2ccccc2c(-n2cc(I)cn2)n1. The first-order valence-corrected chi connectivity index (χ1v) is 7.65. The summed E-state index contributed by atoms with van der Waals surface area (Å²) < 4.78 is 2.95. The van der Waals surface area contributed by atoms with Crippen molar-refractivity contribution in [3.8, 4) is 5.82 Å². The van der Waals surface area contributed by atoms with E-state index in [-0.39, 0.29) is 0 Å². The molecule has 20 heavy (non-hydrogen) atoms. The number of hydrogen-bond donors (Lipinski definition) is 1. The molecule has 0 amide bonds. The highest BCUT2D eigenvalue weighted by molar-refractivity contribution is 14.1. The van der Waals surface area contributed by atoms with Crippen molar-refractivity contribution >= 4 is 33.4 Å². The second-order valence-corrected chi connectivity index (χ2v) is 5.79. The van der Waals surface area contributed by atoms with Gasteiger partial charge < -0.3 is 5.32 Å². The number of benzene rings is 1. The maximum absolute atomic E-state index is 4.76. The Hall–Kier alpha value is -1.47. The molecule has 0 aliphatic carbocycles. The molecule has 0 unspecified atom stereocenters. The number of pyridine rings is 1. The summed E-state index contributed by atoms with van der Waals surface area (Å²) >= 11 is 2.26. The van der Waals surface area contributed by atoms with E-state index in [0.29, 0.717) is 0 Å². The molecule has 0 aliphatic heterocycles. The van der Waals surface area contributed by atoms with Crippen molar-refractivity contribution < 1.29 is 0 Å². The minimum atomic E-state index is 0.771. The zero-order valence-corrected chi connectivity index (χ0v) is 13.3. The predicted molar refractivity (Wildman–Crippen MR) is 89.0 cm³/mol. The summed E-state index contributed by atoms with van der Waals surface area (Å²) in [6.07, 6.45) is 3.83. The third-order valence-electron chi connectivity index (χ3n) is 3.10. The Balaban J connectivity index is 2.17. The lowest BCUT2D eigenvalue weighted by molar-refractivity contribution is 0.706. The van der Waals surface area contributed by atoms with Gasteiger partial charge in [0.25, 0.3) is 0 Å². The van der Waals surface area contributed by atoms with Crippen LogP contribution in [0.2, 0.25) is 0 Å². The van der Waals surface area contributed by atoms with Crippen LogP contribution in [0, 0.1) is 3.57 Å². The van der Waals surface area contributed by atoms with Crippen molar-refractivity contribution in [2.75, 3.05) is 6.54 Å². The molecule has 1 aromatic carbocycles. The first-order chi connectivity index (χ1) is 9.78. The highest BCUT2D eigenvalue weighted by atomic mass is 127. The molecule has 4 nitrogen and oxygen atoms in total. The second-order valence-electron chi connectivity index (χ2n) is 4.54. The quantitative estimate of drug-likeness (QED) is 0.710. The van der Waals surface area contributed by atoms with Gasteiger partial charge in [0.15, 0.2) is 5.82 Å². The van der Waals surface area contributed by atoms with Gasteiger partial charge in [-0.15, -0.1) is 0 Å². The summed E-state index contributed by atoms with van der Waals surface area (Å²) in [6.45, 7) is 3.80. The van der Waals surface area contributed by atoms with Gasteiger partial charge in [0.2, 0.25) is 0 Å². The average Bonchev–Trinajstić information content (AvgIpc) is 2.90. The lowest BCUT2D eigenvalue weighted by atomic mass is 10.1. The Morgan fingerprint density at radius 1 is 1.30 bits per heavy atom. The molecular formula is C15H15IN4. The molecule has 0 bridgehead atoms. The Bertz CT molecular complexity index is 736. The number of halogens is 1. The van der Waals surface area contributed by atoms with E-state index in [1.807, 2.05) is 23.1 Å². The first kappa shape index (κ1) is 13.5. The maximum atomic E-state index is 4.76. The van der Waals surface area contributed by atoms with E-state index < -0.39 is 0 Å². The second kappa shape index (κ2) is 5.88. The van der Waals surface area contributed by atoms with Crippen molar-refractivity contribution in [3.05, 3.63) is 52.0 Å². The largest absolute Gasteiger partial charge is 0.311 e. The average molecular weight is 378 g/mol. The van der Waals surface area contributed by atoms with Gasteiger partial charge in [-0.05, 0) is 40.6 Å². The van der Waals surface area contributed by atoms with E-state index >= 15 is 0 Å². The lowest BCUT2D eigenvalue weighted by Crippen LogP contribution is -2.14. The highest BCUT2D eigenvalue weighted by Crippen LogP contribution is 2.21. The molecular weight excluding hydrogens is 363 g/mol. The molecule has 3 aromatic rings. The molecule has 0 aliphatic rings. The van der Waals surface area contributed by atoms with E-state index in [2.05, 4.69) is 64.2 Å². The van der Waals surface area contributed by atoms with Gasteiger partial charge in [-0.2, -0.15) is 5.10 Å². The van der Waals surface area contributed by atoms with Crippen molar-refractivity contribution in [3.63, 3.8) is 0 Å². The van der Waals surface area contributed by atoms with E-state index in [1.54, 1.807) is 0 Å². The van der Waals surface area contributed by atoms with Gasteiger partial charge >= 0.3 is 0 Å². The standard InChI is InChI=1S/C15H15IN4/c1-2-17-9-13-7-11-5-3-4-6-14(11)15(19-13)20-10-12(16)8-18-20/h3-8,10,17H,2,9H2,1H3. The van der Waals surface area contributed by atoms with Gasteiger partial charge in [-0.3, -0.25) is 0 Å². The Morgan fingerprint density at radius 3 is 2.90 bits per heavy atom. The topological polar surface area (TPSA) is 42.7 Å². The van der Waals surface area contributed by atoms with Gasteiger partial charge in [0.05, 0.1) is 15.5 Å². The molecule has 5 heteroatoms. The van der Waals surface area contributed by atoms with Crippen molar-refractivity contribution in [1.82, 2.24) is 20.1 Å². The highest BCUT2D eigenvalue weighted by Gasteiger charge is 2.08. The molecule has 0 fully saturated rings. The van der Waals surface area contributed by atoms with Crippen LogP contribution < -0.4 is 5.32 Å². The van der Waals surface area contributed by atoms with Crippen LogP contribution in [-0.4, -0.2) is 21.3 Å². The molecule has 3 rings (SSSR count). The molecule has 2 aromatic heterocycles. The van der Waals surface area contributed by atoms with Crippen molar-refractivity contribution in [2.45, 2.75) is 13.5 Å². The van der Waals surface area contributed by atoms with Crippen LogP contribution in [0.1, 0.15) is 12.6 Å². The van der Waals surface area contributed by atoms with Gasteiger partial charge in [0, 0.05) is 18.1 Å². The fraction of sp³-hybridized carbons (Fsp3) is 0.200. The first-order valence-electron chi connectivity index (χ1n) is 6.58. The summed E-state index contributed by atoms with van der Waals surface area (Å²) in [6, 6.07) is 10.4. The molecule has 102 valence electrons. The van der Waals surface area contributed by atoms with E-state index in [0.717, 1.165) is 33.6 Å². The lowest BCUT2D eigenvalue weighted by Gasteiger charge is -2.09. The van der Waals surface area contributed by atoms with Crippen LogP contribution in [-0.2, 0) is 6.54 Å². The zero-order valence-electron chi connectivity index (χ0n) is 11.2. The van der Waals surface area contributed by atoms with Crippen LogP contribution in [0.25, 0.3) is 16.6 Å². The number of aromatic nitrogens is 3. The minimum absolute atomic E-state index is 0.771. The number of fused-ring (bicyclic) bond motifs is 1. The van der Waals surface area contributed by atoms with E-state index in [4.69, 9.17) is 4.98 Å². The fourth-order valence-electron chi connectivity index (χ4n) is 2.17. The van der Waals surface area contributed by atoms with Crippen LogP contribution in [0.15, 0.2) is 42.7 Å². The normalized spacial score (nSPS) is 11.1. The Labute approximate surface area is 131 Å². The minimum Gasteiger partial charge on any atom is -0.311 e. The number of nitrogens with one attached hydrogen (secondary N) is 1. The molecule has 0 radical (unpaired) electrons.